The summed E-state index contributed by atoms with van der Waals surface area (Å²) in [6, 6.07) is 0.790. The summed E-state index contributed by atoms with van der Waals surface area (Å²) in [5.41, 5.74) is 0. The minimum atomic E-state index is 0.790. The fourth-order valence-electron chi connectivity index (χ4n) is 3.14. The van der Waals surface area contributed by atoms with Crippen LogP contribution in [0.3, 0.4) is 0 Å². The predicted octanol–water partition coefficient (Wildman–Crippen LogP) is 3.44. The van der Waals surface area contributed by atoms with E-state index >= 15 is 0 Å². The Morgan fingerprint density at radius 3 is 2.47 bits per heavy atom. The Labute approximate surface area is 98.8 Å². The lowest BCUT2D eigenvalue weighted by Crippen LogP contribution is -2.38. The van der Waals surface area contributed by atoms with E-state index in [1.807, 2.05) is 0 Å². The van der Waals surface area contributed by atoms with Crippen LogP contribution in [0.25, 0.3) is 0 Å². The molecule has 15 heavy (non-hydrogen) atoms. The van der Waals surface area contributed by atoms with Gasteiger partial charge in [-0.05, 0) is 38.0 Å². The zero-order valence-electron chi connectivity index (χ0n) is 10.0. The van der Waals surface area contributed by atoms with Crippen LogP contribution in [0.15, 0.2) is 0 Å². The monoisotopic (exact) mass is 227 g/mol. The van der Waals surface area contributed by atoms with Crippen molar-refractivity contribution in [2.45, 2.75) is 62.7 Å². The SMILES string of the molecule is CNC(CC1CCCC1)C1CCCCS1. The first-order valence-corrected chi connectivity index (χ1v) is 7.74. The molecular formula is C13H25NS. The smallest absolute Gasteiger partial charge is 0.0201 e. The Balaban J connectivity index is 1.79. The van der Waals surface area contributed by atoms with Gasteiger partial charge in [0.05, 0.1) is 0 Å². The third kappa shape index (κ3) is 3.39. The molecule has 2 heteroatoms. The molecule has 1 N–H and O–H groups in total. The van der Waals surface area contributed by atoms with Crippen molar-refractivity contribution >= 4 is 11.8 Å². The third-order valence-corrected chi connectivity index (χ3v) is 5.61. The van der Waals surface area contributed by atoms with Gasteiger partial charge >= 0.3 is 0 Å². The Hall–Kier alpha value is 0.310. The first-order valence-electron chi connectivity index (χ1n) is 6.69. The topological polar surface area (TPSA) is 12.0 Å². The minimum absolute atomic E-state index is 0.790. The van der Waals surface area contributed by atoms with Crippen LogP contribution >= 0.6 is 11.8 Å². The van der Waals surface area contributed by atoms with Gasteiger partial charge in [-0.3, -0.25) is 0 Å². The van der Waals surface area contributed by atoms with Gasteiger partial charge in [0.1, 0.15) is 0 Å². The van der Waals surface area contributed by atoms with Crippen molar-refractivity contribution < 1.29 is 0 Å². The maximum Gasteiger partial charge on any atom is 0.0201 e. The summed E-state index contributed by atoms with van der Waals surface area (Å²) >= 11 is 2.22. The molecule has 1 aliphatic heterocycles. The first kappa shape index (κ1) is 11.8. The molecule has 88 valence electrons. The fraction of sp³-hybridized carbons (Fsp3) is 1.00. The summed E-state index contributed by atoms with van der Waals surface area (Å²) in [6.07, 6.45) is 11.8. The maximum absolute atomic E-state index is 3.58. The molecule has 1 saturated heterocycles. The summed E-state index contributed by atoms with van der Waals surface area (Å²) < 4.78 is 0. The number of nitrogens with one attached hydrogen (secondary N) is 1. The molecule has 0 spiro atoms. The highest BCUT2D eigenvalue weighted by Crippen LogP contribution is 2.34. The zero-order valence-corrected chi connectivity index (χ0v) is 10.8. The zero-order chi connectivity index (χ0) is 10.5. The van der Waals surface area contributed by atoms with Crippen molar-refractivity contribution in [1.82, 2.24) is 5.32 Å². The van der Waals surface area contributed by atoms with Gasteiger partial charge in [0.15, 0.2) is 0 Å². The molecule has 1 heterocycles. The highest BCUT2D eigenvalue weighted by Gasteiger charge is 2.26. The lowest BCUT2D eigenvalue weighted by atomic mass is 9.94. The molecule has 0 radical (unpaired) electrons. The molecule has 0 aromatic rings. The van der Waals surface area contributed by atoms with Crippen LogP contribution in [0.2, 0.25) is 0 Å². The van der Waals surface area contributed by atoms with Crippen LogP contribution in [0.5, 0.6) is 0 Å². The third-order valence-electron chi connectivity index (χ3n) is 4.10. The van der Waals surface area contributed by atoms with Gasteiger partial charge in [-0.2, -0.15) is 11.8 Å². The van der Waals surface area contributed by atoms with Crippen LogP contribution in [0.1, 0.15) is 51.4 Å². The Bertz CT molecular complexity index is 171. The van der Waals surface area contributed by atoms with Gasteiger partial charge in [-0.15, -0.1) is 0 Å². The number of hydrogen-bond acceptors (Lipinski definition) is 2. The second kappa shape index (κ2) is 6.15. The normalized spacial score (nSPS) is 30.6. The van der Waals surface area contributed by atoms with E-state index in [1.165, 1.54) is 57.1 Å². The average Bonchev–Trinajstić information content (AvgIpc) is 2.80. The van der Waals surface area contributed by atoms with Gasteiger partial charge in [-0.25, -0.2) is 0 Å². The number of hydrogen-bond donors (Lipinski definition) is 1. The van der Waals surface area contributed by atoms with Gasteiger partial charge < -0.3 is 5.32 Å². The summed E-state index contributed by atoms with van der Waals surface area (Å²) in [4.78, 5) is 0. The van der Waals surface area contributed by atoms with Crippen LogP contribution < -0.4 is 5.32 Å². The molecular weight excluding hydrogens is 202 g/mol. The molecule has 0 aromatic carbocycles. The van der Waals surface area contributed by atoms with Crippen LogP contribution in [-0.2, 0) is 0 Å². The fourth-order valence-corrected chi connectivity index (χ4v) is 4.63. The van der Waals surface area contributed by atoms with Gasteiger partial charge in [0.2, 0.25) is 0 Å². The van der Waals surface area contributed by atoms with Gasteiger partial charge in [0.25, 0.3) is 0 Å². The van der Waals surface area contributed by atoms with Crippen molar-refractivity contribution in [2.24, 2.45) is 5.92 Å². The highest BCUT2D eigenvalue weighted by molar-refractivity contribution is 8.00. The summed E-state index contributed by atoms with van der Waals surface area (Å²) in [5.74, 6) is 2.43. The Kier molecular flexibility index (Phi) is 4.83. The van der Waals surface area contributed by atoms with E-state index in [1.54, 1.807) is 0 Å². The molecule has 2 unspecified atom stereocenters. The molecule has 2 fully saturated rings. The number of thioether (sulfide) groups is 1. The molecule has 0 bridgehead atoms. The second-order valence-corrected chi connectivity index (χ2v) is 6.53. The van der Waals surface area contributed by atoms with Gasteiger partial charge in [0, 0.05) is 11.3 Å². The van der Waals surface area contributed by atoms with Crippen molar-refractivity contribution in [2.75, 3.05) is 12.8 Å². The van der Waals surface area contributed by atoms with Crippen molar-refractivity contribution in [3.05, 3.63) is 0 Å². The van der Waals surface area contributed by atoms with Crippen molar-refractivity contribution in [3.8, 4) is 0 Å². The molecule has 2 aliphatic rings. The van der Waals surface area contributed by atoms with Crippen LogP contribution in [-0.4, -0.2) is 24.1 Å². The quantitative estimate of drug-likeness (QED) is 0.789. The van der Waals surface area contributed by atoms with E-state index in [0.29, 0.717) is 0 Å². The summed E-state index contributed by atoms with van der Waals surface area (Å²) in [5, 5.41) is 4.48. The largest absolute Gasteiger partial charge is 0.316 e. The summed E-state index contributed by atoms with van der Waals surface area (Å²) in [7, 11) is 2.16. The first-order chi connectivity index (χ1) is 7.40. The van der Waals surface area contributed by atoms with E-state index in [0.717, 1.165) is 17.2 Å². The molecule has 2 atom stereocenters. The Morgan fingerprint density at radius 1 is 1.13 bits per heavy atom. The average molecular weight is 227 g/mol. The van der Waals surface area contributed by atoms with Crippen molar-refractivity contribution in [1.29, 1.82) is 0 Å². The Morgan fingerprint density at radius 2 is 1.87 bits per heavy atom. The molecule has 1 aliphatic carbocycles. The number of rotatable bonds is 4. The van der Waals surface area contributed by atoms with Crippen LogP contribution in [0, 0.1) is 5.92 Å². The molecule has 1 nitrogen and oxygen atoms in total. The lowest BCUT2D eigenvalue weighted by Gasteiger charge is -2.31. The van der Waals surface area contributed by atoms with Crippen molar-refractivity contribution in [3.63, 3.8) is 0 Å². The van der Waals surface area contributed by atoms with E-state index < -0.39 is 0 Å². The molecule has 1 saturated carbocycles. The van der Waals surface area contributed by atoms with E-state index in [9.17, 15) is 0 Å². The predicted molar refractivity (Wildman–Crippen MR) is 69.5 cm³/mol. The molecule has 0 amide bonds. The van der Waals surface area contributed by atoms with Crippen LogP contribution in [0.4, 0.5) is 0 Å². The second-order valence-electron chi connectivity index (χ2n) is 5.19. The summed E-state index contributed by atoms with van der Waals surface area (Å²) in [6.45, 7) is 0. The standard InChI is InChI=1S/C13H25NS/c1-14-12(10-11-6-2-3-7-11)13-8-4-5-9-15-13/h11-14H,2-10H2,1H3. The minimum Gasteiger partial charge on any atom is -0.316 e. The van der Waals surface area contributed by atoms with E-state index in [4.69, 9.17) is 0 Å². The van der Waals surface area contributed by atoms with E-state index in [-0.39, 0.29) is 0 Å². The molecule has 2 rings (SSSR count). The van der Waals surface area contributed by atoms with E-state index in [2.05, 4.69) is 24.1 Å². The molecule has 0 aromatic heterocycles. The maximum atomic E-state index is 3.58. The van der Waals surface area contributed by atoms with Gasteiger partial charge in [-0.1, -0.05) is 32.1 Å². The lowest BCUT2D eigenvalue weighted by molar-refractivity contribution is 0.383. The highest BCUT2D eigenvalue weighted by atomic mass is 32.2.